The van der Waals surface area contributed by atoms with Crippen LogP contribution in [0.25, 0.3) is 0 Å². The number of amides is 3. The van der Waals surface area contributed by atoms with Gasteiger partial charge in [-0.05, 0) is 50.1 Å². The van der Waals surface area contributed by atoms with Crippen LogP contribution >= 0.6 is 22.7 Å². The highest BCUT2D eigenvalue weighted by Gasteiger charge is 2.21. The zero-order chi connectivity index (χ0) is 22.0. The average molecular weight is 452 g/mol. The van der Waals surface area contributed by atoms with Crippen LogP contribution in [0.1, 0.15) is 56.7 Å². The highest BCUT2D eigenvalue weighted by atomic mass is 32.1. The van der Waals surface area contributed by atoms with Crippen molar-refractivity contribution >= 4 is 34.8 Å². The van der Waals surface area contributed by atoms with Crippen molar-refractivity contribution in [1.29, 1.82) is 0 Å². The molecule has 8 heteroatoms. The Bertz CT molecular complexity index is 719. The lowest BCUT2D eigenvalue weighted by molar-refractivity contribution is 0.0879. The van der Waals surface area contributed by atoms with E-state index in [1.54, 1.807) is 27.6 Å². The molecule has 166 valence electrons. The summed E-state index contributed by atoms with van der Waals surface area (Å²) in [7, 11) is 0. The minimum Gasteiger partial charge on any atom is -0.447 e. The third kappa shape index (κ3) is 9.17. The standard InChI is InChI=1S/C22H33N3O3S2/c1-5-6-9-17(23-20(26)24-22(2,3)4)16-28-21(27)25(14-18-10-7-12-29-18)15-19-11-8-13-30-19/h7-8,10-13,17H,5-6,9,14-16H2,1-4H3,(H2,23,24,26)/t17-/m0/s1. The third-order valence-electron chi connectivity index (χ3n) is 4.25. The van der Waals surface area contributed by atoms with Gasteiger partial charge in [0, 0.05) is 15.3 Å². The fourth-order valence-electron chi connectivity index (χ4n) is 2.84. The molecule has 0 aliphatic carbocycles. The second-order valence-electron chi connectivity index (χ2n) is 8.28. The summed E-state index contributed by atoms with van der Waals surface area (Å²) in [4.78, 5) is 29.1. The number of carbonyl (C=O) groups excluding carboxylic acids is 2. The van der Waals surface area contributed by atoms with Gasteiger partial charge in [-0.1, -0.05) is 31.9 Å². The Balaban J connectivity index is 1.97. The number of nitrogens with one attached hydrogen (secondary N) is 2. The van der Waals surface area contributed by atoms with Gasteiger partial charge in [0.05, 0.1) is 19.1 Å². The molecule has 0 fully saturated rings. The van der Waals surface area contributed by atoms with Gasteiger partial charge < -0.3 is 15.4 Å². The van der Waals surface area contributed by atoms with Crippen LogP contribution in [0.15, 0.2) is 35.0 Å². The van der Waals surface area contributed by atoms with E-state index in [9.17, 15) is 9.59 Å². The Labute approximate surface area is 187 Å². The molecule has 2 aromatic rings. The average Bonchev–Trinajstić information content (AvgIpc) is 3.35. The van der Waals surface area contributed by atoms with Crippen LogP contribution in [0.2, 0.25) is 0 Å². The van der Waals surface area contributed by atoms with Crippen molar-refractivity contribution < 1.29 is 14.3 Å². The molecule has 1 atom stereocenters. The summed E-state index contributed by atoms with van der Waals surface area (Å²) in [6.07, 6.45) is 2.36. The molecule has 0 saturated heterocycles. The van der Waals surface area contributed by atoms with E-state index < -0.39 is 0 Å². The minimum atomic E-state index is -0.365. The van der Waals surface area contributed by atoms with Gasteiger partial charge in [0.2, 0.25) is 0 Å². The minimum absolute atomic E-state index is 0.155. The van der Waals surface area contributed by atoms with Crippen LogP contribution in [-0.2, 0) is 17.8 Å². The summed E-state index contributed by atoms with van der Waals surface area (Å²) in [5.41, 5.74) is -0.325. The van der Waals surface area contributed by atoms with Gasteiger partial charge in [-0.15, -0.1) is 22.7 Å². The summed E-state index contributed by atoms with van der Waals surface area (Å²) < 4.78 is 5.65. The van der Waals surface area contributed by atoms with Gasteiger partial charge in [-0.25, -0.2) is 9.59 Å². The number of urea groups is 1. The van der Waals surface area contributed by atoms with Crippen molar-refractivity contribution in [3.05, 3.63) is 44.8 Å². The number of hydrogen-bond acceptors (Lipinski definition) is 5. The molecule has 0 saturated carbocycles. The zero-order valence-corrected chi connectivity index (χ0v) is 19.9. The fourth-order valence-corrected chi connectivity index (χ4v) is 4.28. The van der Waals surface area contributed by atoms with Gasteiger partial charge in [-0.3, -0.25) is 4.90 Å². The summed E-state index contributed by atoms with van der Waals surface area (Å²) in [5, 5.41) is 9.85. The molecule has 30 heavy (non-hydrogen) atoms. The van der Waals surface area contributed by atoms with E-state index in [0.717, 1.165) is 29.0 Å². The number of unbranched alkanes of at least 4 members (excludes halogenated alkanes) is 1. The predicted molar refractivity (Wildman–Crippen MR) is 124 cm³/mol. The molecule has 2 heterocycles. The van der Waals surface area contributed by atoms with Crippen LogP contribution < -0.4 is 10.6 Å². The van der Waals surface area contributed by atoms with Crippen molar-refractivity contribution in [3.8, 4) is 0 Å². The number of carbonyl (C=O) groups is 2. The molecular formula is C22H33N3O3S2. The second kappa shape index (κ2) is 12.0. The summed E-state index contributed by atoms with van der Waals surface area (Å²) in [5.74, 6) is 0. The third-order valence-corrected chi connectivity index (χ3v) is 5.97. The van der Waals surface area contributed by atoms with Gasteiger partial charge in [0.25, 0.3) is 0 Å². The number of ether oxygens (including phenoxy) is 1. The first kappa shape index (κ1) is 24.2. The Morgan fingerprint density at radius 3 is 2.17 bits per heavy atom. The number of hydrogen-bond donors (Lipinski definition) is 2. The maximum absolute atomic E-state index is 12.9. The van der Waals surface area contributed by atoms with Crippen molar-refractivity contribution in [1.82, 2.24) is 15.5 Å². The van der Waals surface area contributed by atoms with E-state index in [2.05, 4.69) is 17.6 Å². The molecule has 3 amide bonds. The SMILES string of the molecule is CCCC[C@@H](COC(=O)N(Cc1cccs1)Cc1cccs1)NC(=O)NC(C)(C)C. The van der Waals surface area contributed by atoms with E-state index in [-0.39, 0.29) is 30.3 Å². The summed E-state index contributed by atoms with van der Waals surface area (Å²) >= 11 is 3.24. The highest BCUT2D eigenvalue weighted by Crippen LogP contribution is 2.18. The second-order valence-corrected chi connectivity index (χ2v) is 10.3. The Kier molecular flexibility index (Phi) is 9.65. The van der Waals surface area contributed by atoms with Crippen molar-refractivity contribution in [2.24, 2.45) is 0 Å². The van der Waals surface area contributed by atoms with Gasteiger partial charge in [0.1, 0.15) is 6.61 Å². The molecule has 6 nitrogen and oxygen atoms in total. The normalized spacial score (nSPS) is 12.3. The largest absolute Gasteiger partial charge is 0.447 e. The molecule has 2 aromatic heterocycles. The zero-order valence-electron chi connectivity index (χ0n) is 18.3. The smallest absolute Gasteiger partial charge is 0.410 e. The molecular weight excluding hydrogens is 418 g/mol. The monoisotopic (exact) mass is 451 g/mol. The lowest BCUT2D eigenvalue weighted by Crippen LogP contribution is -2.51. The van der Waals surface area contributed by atoms with Crippen LogP contribution in [0.5, 0.6) is 0 Å². The highest BCUT2D eigenvalue weighted by molar-refractivity contribution is 7.10. The van der Waals surface area contributed by atoms with Crippen LogP contribution in [0, 0.1) is 0 Å². The molecule has 0 bridgehead atoms. The van der Waals surface area contributed by atoms with Gasteiger partial charge >= 0.3 is 12.1 Å². The first-order valence-corrected chi connectivity index (χ1v) is 12.1. The molecule has 0 aliphatic heterocycles. The lowest BCUT2D eigenvalue weighted by atomic mass is 10.1. The Morgan fingerprint density at radius 1 is 1.10 bits per heavy atom. The number of rotatable bonds is 10. The topological polar surface area (TPSA) is 70.7 Å². The van der Waals surface area contributed by atoms with Crippen LogP contribution in [0.3, 0.4) is 0 Å². The maximum Gasteiger partial charge on any atom is 0.410 e. The van der Waals surface area contributed by atoms with Crippen molar-refractivity contribution in [3.63, 3.8) is 0 Å². The Morgan fingerprint density at radius 2 is 1.70 bits per heavy atom. The molecule has 0 spiro atoms. The van der Waals surface area contributed by atoms with Crippen LogP contribution in [-0.4, -0.2) is 35.2 Å². The first-order chi connectivity index (χ1) is 14.3. The van der Waals surface area contributed by atoms with E-state index >= 15 is 0 Å². The molecule has 2 N–H and O–H groups in total. The number of thiophene rings is 2. The van der Waals surface area contributed by atoms with E-state index in [0.29, 0.717) is 13.1 Å². The Hall–Kier alpha value is -2.06. The molecule has 0 radical (unpaired) electrons. The number of nitrogens with zero attached hydrogens (tertiary/aromatic N) is 1. The van der Waals surface area contributed by atoms with Gasteiger partial charge in [0.15, 0.2) is 0 Å². The van der Waals surface area contributed by atoms with E-state index in [4.69, 9.17) is 4.74 Å². The van der Waals surface area contributed by atoms with Gasteiger partial charge in [-0.2, -0.15) is 0 Å². The first-order valence-electron chi connectivity index (χ1n) is 10.3. The predicted octanol–water partition coefficient (Wildman–Crippen LogP) is 5.60. The molecule has 0 unspecified atom stereocenters. The van der Waals surface area contributed by atoms with Crippen LogP contribution in [0.4, 0.5) is 9.59 Å². The summed E-state index contributed by atoms with van der Waals surface area (Å²) in [6, 6.07) is 7.53. The maximum atomic E-state index is 12.9. The van der Waals surface area contributed by atoms with Crippen molar-refractivity contribution in [2.75, 3.05) is 6.61 Å². The molecule has 0 aliphatic rings. The molecule has 2 rings (SSSR count). The van der Waals surface area contributed by atoms with Crippen molar-refractivity contribution in [2.45, 2.75) is 71.6 Å². The fraction of sp³-hybridized carbons (Fsp3) is 0.545. The molecule has 0 aromatic carbocycles. The quantitative estimate of drug-likeness (QED) is 0.494. The lowest BCUT2D eigenvalue weighted by Gasteiger charge is -2.26. The summed E-state index contributed by atoms with van der Waals surface area (Å²) in [6.45, 7) is 9.06. The van der Waals surface area contributed by atoms with E-state index in [1.807, 2.05) is 55.8 Å². The van der Waals surface area contributed by atoms with E-state index in [1.165, 1.54) is 0 Å².